The van der Waals surface area contributed by atoms with Crippen LogP contribution in [-0.4, -0.2) is 34.6 Å². The van der Waals surface area contributed by atoms with Crippen molar-refractivity contribution in [1.29, 1.82) is 0 Å². The molecule has 1 aromatic carbocycles. The number of carboxylic acids is 1. The Morgan fingerprint density at radius 1 is 1.13 bits per heavy atom. The van der Waals surface area contributed by atoms with Gasteiger partial charge in [-0.1, -0.05) is 12.1 Å². The topological polar surface area (TPSA) is 83.5 Å². The van der Waals surface area contributed by atoms with Crippen LogP contribution < -0.4 is 5.32 Å². The molecular formula is C17H21NO4S. The number of aliphatic carboxylic acids is 1. The van der Waals surface area contributed by atoms with Crippen molar-refractivity contribution in [2.24, 2.45) is 0 Å². The minimum Gasteiger partial charge on any atom is -0.480 e. The van der Waals surface area contributed by atoms with Crippen LogP contribution in [0.3, 0.4) is 0 Å². The van der Waals surface area contributed by atoms with Gasteiger partial charge in [0.15, 0.2) is 5.78 Å². The van der Waals surface area contributed by atoms with E-state index in [0.29, 0.717) is 5.56 Å². The molecule has 1 amide bonds. The predicted octanol–water partition coefficient (Wildman–Crippen LogP) is 2.03. The van der Waals surface area contributed by atoms with Crippen molar-refractivity contribution in [1.82, 2.24) is 5.32 Å². The van der Waals surface area contributed by atoms with Crippen LogP contribution in [0.4, 0.5) is 0 Å². The van der Waals surface area contributed by atoms with Crippen molar-refractivity contribution >= 4 is 30.3 Å². The summed E-state index contributed by atoms with van der Waals surface area (Å²) < 4.78 is 0. The quantitative estimate of drug-likeness (QED) is 0.526. The molecule has 124 valence electrons. The average molecular weight is 335 g/mol. The summed E-state index contributed by atoms with van der Waals surface area (Å²) >= 11 is 3.88. The van der Waals surface area contributed by atoms with Crippen molar-refractivity contribution in [2.75, 3.05) is 5.75 Å². The van der Waals surface area contributed by atoms with Crippen molar-refractivity contribution < 1.29 is 19.5 Å². The zero-order valence-corrected chi connectivity index (χ0v) is 13.8. The van der Waals surface area contributed by atoms with Crippen LogP contribution in [0.2, 0.25) is 0 Å². The summed E-state index contributed by atoms with van der Waals surface area (Å²) in [7, 11) is 0. The fourth-order valence-corrected chi connectivity index (χ4v) is 2.98. The molecule has 1 unspecified atom stereocenters. The fourth-order valence-electron chi connectivity index (χ4n) is 2.73. The number of ketones is 1. The van der Waals surface area contributed by atoms with Crippen LogP contribution in [0, 0.1) is 0 Å². The predicted molar refractivity (Wildman–Crippen MR) is 90.1 cm³/mol. The number of carbonyl (C=O) groups is 3. The summed E-state index contributed by atoms with van der Waals surface area (Å²) in [5.74, 6) is -1.65. The second kappa shape index (κ2) is 8.15. The van der Waals surface area contributed by atoms with Crippen LogP contribution in [0.1, 0.15) is 47.2 Å². The maximum absolute atomic E-state index is 12.2. The first kappa shape index (κ1) is 17.5. The lowest BCUT2D eigenvalue weighted by atomic mass is 9.89. The molecule has 1 aliphatic carbocycles. The standard InChI is InChI=1S/C17H21NO4S/c19-15(7-8-16(20)18-14(10-23)17(21)22)13-6-5-11-3-1-2-4-12(11)9-13/h5-6,9,14,23H,1-4,7-8,10H2,(H,18,20)(H,21,22). The molecule has 23 heavy (non-hydrogen) atoms. The van der Waals surface area contributed by atoms with E-state index in [4.69, 9.17) is 5.11 Å². The maximum atomic E-state index is 12.2. The maximum Gasteiger partial charge on any atom is 0.327 e. The number of carboxylic acid groups (broad SMARTS) is 1. The number of carbonyl (C=O) groups excluding carboxylic acids is 2. The molecule has 0 saturated heterocycles. The van der Waals surface area contributed by atoms with Crippen LogP contribution in [0.5, 0.6) is 0 Å². The first-order valence-electron chi connectivity index (χ1n) is 7.79. The smallest absolute Gasteiger partial charge is 0.327 e. The summed E-state index contributed by atoms with van der Waals surface area (Å²) in [6.45, 7) is 0. The molecule has 2 N–H and O–H groups in total. The van der Waals surface area contributed by atoms with Gasteiger partial charge in [-0.3, -0.25) is 9.59 Å². The summed E-state index contributed by atoms with van der Waals surface area (Å²) in [4.78, 5) is 34.8. The number of Topliss-reactive ketones (excluding diaryl/α,β-unsaturated/α-hetero) is 1. The minimum atomic E-state index is -1.13. The molecule has 0 heterocycles. The molecule has 1 aliphatic rings. The van der Waals surface area contributed by atoms with E-state index in [0.717, 1.165) is 19.3 Å². The lowest BCUT2D eigenvalue weighted by molar-refractivity contribution is -0.141. The van der Waals surface area contributed by atoms with E-state index in [1.165, 1.54) is 17.5 Å². The second-order valence-electron chi connectivity index (χ2n) is 5.75. The molecule has 1 aromatic rings. The number of fused-ring (bicyclic) bond motifs is 1. The van der Waals surface area contributed by atoms with Gasteiger partial charge < -0.3 is 10.4 Å². The third kappa shape index (κ3) is 4.82. The first-order chi connectivity index (χ1) is 11.0. The zero-order chi connectivity index (χ0) is 16.8. The SMILES string of the molecule is O=C(CCC(=O)c1ccc2c(c1)CCCC2)NC(CS)C(=O)O. The third-order valence-electron chi connectivity index (χ3n) is 4.07. The van der Waals surface area contributed by atoms with Crippen molar-refractivity contribution in [3.05, 3.63) is 34.9 Å². The molecule has 1 atom stereocenters. The number of nitrogens with one attached hydrogen (secondary N) is 1. The van der Waals surface area contributed by atoms with E-state index < -0.39 is 17.9 Å². The molecule has 0 aliphatic heterocycles. The number of benzene rings is 1. The number of rotatable bonds is 7. The van der Waals surface area contributed by atoms with Crippen LogP contribution in [-0.2, 0) is 22.4 Å². The highest BCUT2D eigenvalue weighted by molar-refractivity contribution is 7.80. The van der Waals surface area contributed by atoms with Crippen molar-refractivity contribution in [3.63, 3.8) is 0 Å². The van der Waals surface area contributed by atoms with Gasteiger partial charge >= 0.3 is 5.97 Å². The van der Waals surface area contributed by atoms with Crippen LogP contribution in [0.15, 0.2) is 18.2 Å². The molecule has 0 spiro atoms. The number of aryl methyl sites for hydroxylation is 2. The molecule has 0 aromatic heterocycles. The second-order valence-corrected chi connectivity index (χ2v) is 6.12. The third-order valence-corrected chi connectivity index (χ3v) is 4.43. The zero-order valence-electron chi connectivity index (χ0n) is 12.9. The van der Waals surface area contributed by atoms with Gasteiger partial charge in [0.05, 0.1) is 0 Å². The Morgan fingerprint density at radius 2 is 1.83 bits per heavy atom. The van der Waals surface area contributed by atoms with Gasteiger partial charge in [-0.15, -0.1) is 0 Å². The Kier molecular flexibility index (Phi) is 6.21. The average Bonchev–Trinajstić information content (AvgIpc) is 2.56. The van der Waals surface area contributed by atoms with Gasteiger partial charge in [-0.2, -0.15) is 12.6 Å². The molecule has 0 radical (unpaired) electrons. The highest BCUT2D eigenvalue weighted by atomic mass is 32.1. The number of hydrogen-bond donors (Lipinski definition) is 3. The molecule has 2 rings (SSSR count). The number of hydrogen-bond acceptors (Lipinski definition) is 4. The van der Waals surface area contributed by atoms with E-state index in [9.17, 15) is 14.4 Å². The molecule has 0 bridgehead atoms. The first-order valence-corrected chi connectivity index (χ1v) is 8.42. The Morgan fingerprint density at radius 3 is 2.48 bits per heavy atom. The van der Waals surface area contributed by atoms with Crippen molar-refractivity contribution in [3.8, 4) is 0 Å². The van der Waals surface area contributed by atoms with Gasteiger partial charge in [0.1, 0.15) is 6.04 Å². The lowest BCUT2D eigenvalue weighted by Crippen LogP contribution is -2.42. The van der Waals surface area contributed by atoms with Gasteiger partial charge in [-0.25, -0.2) is 4.79 Å². The molecule has 5 nitrogen and oxygen atoms in total. The highest BCUT2D eigenvalue weighted by Crippen LogP contribution is 2.22. The van der Waals surface area contributed by atoms with Crippen LogP contribution in [0.25, 0.3) is 0 Å². The van der Waals surface area contributed by atoms with E-state index in [1.54, 1.807) is 0 Å². The van der Waals surface area contributed by atoms with Crippen LogP contribution >= 0.6 is 12.6 Å². The van der Waals surface area contributed by atoms with Gasteiger partial charge in [0, 0.05) is 24.2 Å². The Bertz CT molecular complexity index is 615. The number of thiol groups is 1. The van der Waals surface area contributed by atoms with Gasteiger partial charge in [-0.05, 0) is 42.9 Å². The Balaban J connectivity index is 1.89. The summed E-state index contributed by atoms with van der Waals surface area (Å²) in [5, 5.41) is 11.2. The Labute approximate surface area is 140 Å². The van der Waals surface area contributed by atoms with Crippen molar-refractivity contribution in [2.45, 2.75) is 44.6 Å². The van der Waals surface area contributed by atoms with Gasteiger partial charge in [0.2, 0.25) is 5.91 Å². The fraction of sp³-hybridized carbons (Fsp3) is 0.471. The summed E-state index contributed by atoms with van der Waals surface area (Å²) in [6, 6.07) is 4.73. The lowest BCUT2D eigenvalue weighted by Gasteiger charge is -2.16. The normalized spacial score (nSPS) is 14.7. The minimum absolute atomic E-state index is 0.0137. The monoisotopic (exact) mass is 335 g/mol. The molecule has 0 saturated carbocycles. The van der Waals surface area contributed by atoms with E-state index in [2.05, 4.69) is 17.9 Å². The molecule has 6 heteroatoms. The van der Waals surface area contributed by atoms with E-state index in [-0.39, 0.29) is 24.4 Å². The summed E-state index contributed by atoms with van der Waals surface area (Å²) in [5.41, 5.74) is 3.17. The van der Waals surface area contributed by atoms with Gasteiger partial charge in [0.25, 0.3) is 0 Å². The van der Waals surface area contributed by atoms with E-state index >= 15 is 0 Å². The highest BCUT2D eigenvalue weighted by Gasteiger charge is 2.19. The Hall–Kier alpha value is -1.82. The molecular weight excluding hydrogens is 314 g/mol. The number of amides is 1. The largest absolute Gasteiger partial charge is 0.480 e. The molecule has 0 fully saturated rings. The van der Waals surface area contributed by atoms with E-state index in [1.807, 2.05) is 18.2 Å². The summed E-state index contributed by atoms with van der Waals surface area (Å²) in [6.07, 6.45) is 4.45.